The van der Waals surface area contributed by atoms with E-state index in [0.717, 1.165) is 12.1 Å². The minimum Gasteiger partial charge on any atom is -0.459 e. The Labute approximate surface area is 184 Å². The highest BCUT2D eigenvalue weighted by molar-refractivity contribution is 5.76. The zero-order valence-electron chi connectivity index (χ0n) is 17.0. The van der Waals surface area contributed by atoms with Crippen molar-refractivity contribution in [1.82, 2.24) is 0 Å². The molecule has 0 spiro atoms. The number of halogens is 7. The molecule has 0 aliphatic carbocycles. The van der Waals surface area contributed by atoms with Gasteiger partial charge in [-0.25, -0.2) is 9.18 Å². The lowest BCUT2D eigenvalue weighted by Crippen LogP contribution is -2.33. The molecule has 0 aromatic heterocycles. The second-order valence-corrected chi connectivity index (χ2v) is 7.48. The molecule has 3 rings (SSSR count). The number of ether oxygens (including phenoxy) is 1. The summed E-state index contributed by atoms with van der Waals surface area (Å²) in [5.74, 6) is -3.82. The molecule has 0 N–H and O–H groups in total. The Morgan fingerprint density at radius 2 is 1.67 bits per heavy atom. The highest BCUT2D eigenvalue weighted by Crippen LogP contribution is 2.44. The third-order valence-corrected chi connectivity index (χ3v) is 5.20. The summed E-state index contributed by atoms with van der Waals surface area (Å²) in [5.41, 5.74) is -1.58. The molecule has 176 valence electrons. The van der Waals surface area contributed by atoms with Gasteiger partial charge in [0, 0.05) is 12.1 Å². The molecule has 0 saturated carbocycles. The van der Waals surface area contributed by atoms with E-state index in [1.165, 1.54) is 36.5 Å². The summed E-state index contributed by atoms with van der Waals surface area (Å²) in [4.78, 5) is 15.4. The van der Waals surface area contributed by atoms with Crippen LogP contribution in [0.5, 0.6) is 0 Å². The Morgan fingerprint density at radius 3 is 2.24 bits per heavy atom. The second-order valence-electron chi connectivity index (χ2n) is 7.48. The standard InChI is InChI=1S/C23H18F7NO2/c24-18-8-2-6-16(14-18)19(15-5-1-7-17(13-15)22(25,26)27)21(9-3-11-31-21)10-4-12-33-20(32)23(28,29)30/h1-3,5-9,11,13-14,19H,4,10,12H2. The first kappa shape index (κ1) is 24.5. The predicted molar refractivity (Wildman–Crippen MR) is 106 cm³/mol. The number of carbonyl (C=O) groups is 1. The van der Waals surface area contributed by atoms with Gasteiger partial charge in [0.25, 0.3) is 0 Å². The first-order chi connectivity index (χ1) is 15.4. The molecular weight excluding hydrogens is 455 g/mol. The van der Waals surface area contributed by atoms with E-state index in [0.29, 0.717) is 5.56 Å². The van der Waals surface area contributed by atoms with Crippen LogP contribution in [0, 0.1) is 5.82 Å². The molecule has 0 amide bonds. The maximum absolute atomic E-state index is 14.0. The molecule has 1 aliphatic heterocycles. The third kappa shape index (κ3) is 5.80. The van der Waals surface area contributed by atoms with Gasteiger partial charge in [-0.05, 0) is 48.2 Å². The Morgan fingerprint density at radius 1 is 1.00 bits per heavy atom. The number of rotatable bonds is 7. The van der Waals surface area contributed by atoms with Crippen LogP contribution in [0.25, 0.3) is 0 Å². The summed E-state index contributed by atoms with van der Waals surface area (Å²) in [7, 11) is 0. The summed E-state index contributed by atoms with van der Waals surface area (Å²) in [5, 5.41) is 0. The van der Waals surface area contributed by atoms with Gasteiger partial charge in [0.1, 0.15) is 5.82 Å². The Hall–Kier alpha value is -3.17. The maximum atomic E-state index is 14.0. The normalized spacial score (nSPS) is 19.0. The molecule has 1 aliphatic rings. The fourth-order valence-electron chi connectivity index (χ4n) is 3.85. The predicted octanol–water partition coefficient (Wildman–Crippen LogP) is 6.24. The summed E-state index contributed by atoms with van der Waals surface area (Å²) < 4.78 is 95.4. The van der Waals surface area contributed by atoms with Crippen LogP contribution in [-0.2, 0) is 15.7 Å². The topological polar surface area (TPSA) is 38.7 Å². The van der Waals surface area contributed by atoms with E-state index in [-0.39, 0.29) is 18.4 Å². The Bertz CT molecular complexity index is 1050. The van der Waals surface area contributed by atoms with Crippen LogP contribution >= 0.6 is 0 Å². The van der Waals surface area contributed by atoms with Gasteiger partial charge in [-0.3, -0.25) is 4.99 Å². The van der Waals surface area contributed by atoms with Gasteiger partial charge in [0.15, 0.2) is 0 Å². The molecule has 3 nitrogen and oxygen atoms in total. The zero-order valence-corrected chi connectivity index (χ0v) is 17.0. The molecule has 10 heteroatoms. The lowest BCUT2D eigenvalue weighted by Gasteiger charge is -2.35. The van der Waals surface area contributed by atoms with Crippen LogP contribution in [0.3, 0.4) is 0 Å². The van der Waals surface area contributed by atoms with Crippen molar-refractivity contribution in [1.29, 1.82) is 0 Å². The van der Waals surface area contributed by atoms with E-state index in [2.05, 4.69) is 9.73 Å². The third-order valence-electron chi connectivity index (χ3n) is 5.20. The van der Waals surface area contributed by atoms with Gasteiger partial charge >= 0.3 is 18.3 Å². The first-order valence-electron chi connectivity index (χ1n) is 9.82. The van der Waals surface area contributed by atoms with Crippen molar-refractivity contribution in [3.05, 3.63) is 83.2 Å². The van der Waals surface area contributed by atoms with Gasteiger partial charge in [0.2, 0.25) is 0 Å². The lowest BCUT2D eigenvalue weighted by molar-refractivity contribution is -0.199. The number of esters is 1. The fraction of sp³-hybridized carbons (Fsp3) is 0.304. The van der Waals surface area contributed by atoms with Crippen molar-refractivity contribution >= 4 is 12.2 Å². The summed E-state index contributed by atoms with van der Waals surface area (Å²) in [6, 6.07) is 9.85. The molecule has 2 aromatic carbocycles. The van der Waals surface area contributed by atoms with Crippen molar-refractivity contribution < 1.29 is 40.3 Å². The highest BCUT2D eigenvalue weighted by Gasteiger charge is 2.42. The molecule has 0 fully saturated rings. The summed E-state index contributed by atoms with van der Waals surface area (Å²) in [6.07, 6.45) is -5.20. The number of alkyl halides is 6. The molecule has 0 bridgehead atoms. The van der Waals surface area contributed by atoms with Crippen LogP contribution in [0.1, 0.15) is 35.4 Å². The number of nitrogens with zero attached hydrogens (tertiary/aromatic N) is 1. The number of hydrogen-bond acceptors (Lipinski definition) is 3. The van der Waals surface area contributed by atoms with Crippen molar-refractivity contribution in [3.63, 3.8) is 0 Å². The smallest absolute Gasteiger partial charge is 0.459 e. The van der Waals surface area contributed by atoms with Crippen LogP contribution < -0.4 is 0 Å². The minimum absolute atomic E-state index is 0.0303. The van der Waals surface area contributed by atoms with E-state index in [1.807, 2.05) is 0 Å². The molecule has 2 aromatic rings. The van der Waals surface area contributed by atoms with Crippen LogP contribution in [0.15, 0.2) is 65.7 Å². The van der Waals surface area contributed by atoms with Crippen molar-refractivity contribution in [2.45, 2.75) is 36.7 Å². The van der Waals surface area contributed by atoms with Crippen molar-refractivity contribution in [2.75, 3.05) is 6.61 Å². The average molecular weight is 473 g/mol. The molecule has 33 heavy (non-hydrogen) atoms. The van der Waals surface area contributed by atoms with Crippen molar-refractivity contribution in [2.24, 2.45) is 4.99 Å². The second kappa shape index (κ2) is 9.36. The van der Waals surface area contributed by atoms with Gasteiger partial charge in [-0.15, -0.1) is 0 Å². The molecule has 1 heterocycles. The van der Waals surface area contributed by atoms with E-state index in [1.54, 1.807) is 18.2 Å². The minimum atomic E-state index is -5.13. The highest BCUT2D eigenvalue weighted by atomic mass is 19.4. The monoisotopic (exact) mass is 473 g/mol. The van der Waals surface area contributed by atoms with E-state index >= 15 is 0 Å². The van der Waals surface area contributed by atoms with Gasteiger partial charge in [-0.2, -0.15) is 26.3 Å². The van der Waals surface area contributed by atoms with Crippen LogP contribution in [0.2, 0.25) is 0 Å². The molecule has 2 unspecified atom stereocenters. The van der Waals surface area contributed by atoms with E-state index in [4.69, 9.17) is 0 Å². The molecule has 2 atom stereocenters. The molecule has 0 saturated heterocycles. The van der Waals surface area contributed by atoms with Gasteiger partial charge in [0.05, 0.1) is 17.7 Å². The van der Waals surface area contributed by atoms with Gasteiger partial charge in [-0.1, -0.05) is 36.4 Å². The zero-order chi connectivity index (χ0) is 24.3. The molecule has 0 radical (unpaired) electrons. The van der Waals surface area contributed by atoms with Crippen molar-refractivity contribution in [3.8, 4) is 0 Å². The Balaban J connectivity index is 1.97. The maximum Gasteiger partial charge on any atom is 0.490 e. The van der Waals surface area contributed by atoms with E-state index in [9.17, 15) is 35.5 Å². The van der Waals surface area contributed by atoms with Crippen LogP contribution in [-0.4, -0.2) is 30.5 Å². The largest absolute Gasteiger partial charge is 0.490 e. The number of hydrogen-bond donors (Lipinski definition) is 0. The average Bonchev–Trinajstić information content (AvgIpc) is 3.19. The van der Waals surface area contributed by atoms with E-state index < -0.39 is 47.8 Å². The SMILES string of the molecule is O=C(OCCCC1(C(c2cccc(F)c2)c2cccc(C(F)(F)F)c2)C=CC=N1)C(F)(F)F. The quantitative estimate of drug-likeness (QED) is 0.271. The number of carbonyl (C=O) groups excluding carboxylic acids is 1. The summed E-state index contributed by atoms with van der Waals surface area (Å²) >= 11 is 0. The Kier molecular flexibility index (Phi) is 6.94. The number of allylic oxidation sites excluding steroid dienone is 1. The summed E-state index contributed by atoms with van der Waals surface area (Å²) in [6.45, 7) is -0.568. The number of benzene rings is 2. The molecular formula is C23H18F7NO2. The fourth-order valence-corrected chi connectivity index (χ4v) is 3.85. The van der Waals surface area contributed by atoms with Gasteiger partial charge < -0.3 is 4.74 Å². The number of aliphatic imine (C=N–C) groups is 1. The first-order valence-corrected chi connectivity index (χ1v) is 9.82. The lowest BCUT2D eigenvalue weighted by atomic mass is 9.73. The van der Waals surface area contributed by atoms with Crippen LogP contribution in [0.4, 0.5) is 30.7 Å².